The Bertz CT molecular complexity index is 445. The lowest BCUT2D eigenvalue weighted by Gasteiger charge is -2.09. The standard InChI is InChI=1S/C12H13N3O/c1-16-11-5-3-7-14-12(11)15-9-10-4-2-6-13-8-10/h2-8H,9H2,1H3,(H,14,15). The number of hydrogen-bond donors (Lipinski definition) is 1. The lowest BCUT2D eigenvalue weighted by atomic mass is 10.3. The van der Waals surface area contributed by atoms with E-state index in [0.717, 1.165) is 17.1 Å². The highest BCUT2D eigenvalue weighted by Crippen LogP contribution is 2.20. The van der Waals surface area contributed by atoms with Crippen molar-refractivity contribution in [3.8, 4) is 5.75 Å². The molecule has 2 aromatic heterocycles. The van der Waals surface area contributed by atoms with Crippen LogP contribution in [0.5, 0.6) is 5.75 Å². The lowest BCUT2D eigenvalue weighted by Crippen LogP contribution is -2.03. The zero-order valence-electron chi connectivity index (χ0n) is 9.05. The summed E-state index contributed by atoms with van der Waals surface area (Å²) in [6, 6.07) is 7.63. The first kappa shape index (κ1) is 10.4. The highest BCUT2D eigenvalue weighted by molar-refractivity contribution is 5.49. The molecule has 4 nitrogen and oxygen atoms in total. The molecule has 0 spiro atoms. The Morgan fingerprint density at radius 3 is 2.88 bits per heavy atom. The first-order valence-electron chi connectivity index (χ1n) is 5.02. The van der Waals surface area contributed by atoms with Gasteiger partial charge in [-0.3, -0.25) is 4.98 Å². The Balaban J connectivity index is 2.05. The maximum Gasteiger partial charge on any atom is 0.168 e. The number of nitrogens with zero attached hydrogens (tertiary/aromatic N) is 2. The van der Waals surface area contributed by atoms with Crippen molar-refractivity contribution in [1.82, 2.24) is 9.97 Å². The normalized spacial score (nSPS) is 9.81. The van der Waals surface area contributed by atoms with Gasteiger partial charge in [0.05, 0.1) is 7.11 Å². The summed E-state index contributed by atoms with van der Waals surface area (Å²) in [6.07, 6.45) is 5.31. The fraction of sp³-hybridized carbons (Fsp3) is 0.167. The van der Waals surface area contributed by atoms with Crippen molar-refractivity contribution in [3.63, 3.8) is 0 Å². The van der Waals surface area contributed by atoms with Crippen LogP contribution >= 0.6 is 0 Å². The van der Waals surface area contributed by atoms with E-state index < -0.39 is 0 Å². The quantitative estimate of drug-likeness (QED) is 0.848. The van der Waals surface area contributed by atoms with Crippen molar-refractivity contribution in [1.29, 1.82) is 0 Å². The first-order valence-corrected chi connectivity index (χ1v) is 5.02. The Kier molecular flexibility index (Phi) is 3.33. The van der Waals surface area contributed by atoms with Crippen molar-refractivity contribution in [2.45, 2.75) is 6.54 Å². The summed E-state index contributed by atoms with van der Waals surface area (Å²) in [7, 11) is 1.63. The zero-order valence-corrected chi connectivity index (χ0v) is 9.05. The van der Waals surface area contributed by atoms with Gasteiger partial charge in [-0.1, -0.05) is 6.07 Å². The molecule has 0 aromatic carbocycles. The van der Waals surface area contributed by atoms with Gasteiger partial charge in [0.1, 0.15) is 0 Å². The van der Waals surface area contributed by atoms with Crippen LogP contribution < -0.4 is 10.1 Å². The molecule has 0 aliphatic heterocycles. The van der Waals surface area contributed by atoms with Gasteiger partial charge < -0.3 is 10.1 Å². The van der Waals surface area contributed by atoms with Crippen LogP contribution in [-0.4, -0.2) is 17.1 Å². The molecule has 0 amide bonds. The highest BCUT2D eigenvalue weighted by atomic mass is 16.5. The summed E-state index contributed by atoms with van der Waals surface area (Å²) in [5, 5.41) is 3.20. The van der Waals surface area contributed by atoms with Gasteiger partial charge in [0.25, 0.3) is 0 Å². The average Bonchev–Trinajstić information content (AvgIpc) is 2.38. The van der Waals surface area contributed by atoms with Crippen LogP contribution in [0.25, 0.3) is 0 Å². The molecule has 0 fully saturated rings. The largest absolute Gasteiger partial charge is 0.493 e. The molecule has 2 aromatic rings. The second kappa shape index (κ2) is 5.11. The van der Waals surface area contributed by atoms with Crippen LogP contribution in [0, 0.1) is 0 Å². The Morgan fingerprint density at radius 2 is 2.12 bits per heavy atom. The minimum atomic E-state index is 0.682. The van der Waals surface area contributed by atoms with Crippen molar-refractivity contribution >= 4 is 5.82 Å². The van der Waals surface area contributed by atoms with Crippen LogP contribution in [0.15, 0.2) is 42.9 Å². The van der Waals surface area contributed by atoms with E-state index in [2.05, 4.69) is 15.3 Å². The molecule has 0 aliphatic carbocycles. The lowest BCUT2D eigenvalue weighted by molar-refractivity contribution is 0.415. The van der Waals surface area contributed by atoms with Gasteiger partial charge in [-0.25, -0.2) is 4.98 Å². The van der Waals surface area contributed by atoms with Crippen LogP contribution in [0.1, 0.15) is 5.56 Å². The van der Waals surface area contributed by atoms with Gasteiger partial charge in [0, 0.05) is 25.1 Å². The molecule has 0 bridgehead atoms. The van der Waals surface area contributed by atoms with Gasteiger partial charge in [-0.2, -0.15) is 0 Å². The number of ether oxygens (including phenoxy) is 1. The van der Waals surface area contributed by atoms with E-state index in [1.54, 1.807) is 19.5 Å². The van der Waals surface area contributed by atoms with Crippen LogP contribution in [0.3, 0.4) is 0 Å². The minimum absolute atomic E-state index is 0.682. The second-order valence-corrected chi connectivity index (χ2v) is 3.27. The zero-order chi connectivity index (χ0) is 11.2. The molecule has 0 atom stereocenters. The van der Waals surface area contributed by atoms with Crippen LogP contribution in [0.4, 0.5) is 5.82 Å². The van der Waals surface area contributed by atoms with Crippen molar-refractivity contribution < 1.29 is 4.74 Å². The topological polar surface area (TPSA) is 47.0 Å². The summed E-state index contributed by atoms with van der Waals surface area (Å²) in [5.41, 5.74) is 1.11. The fourth-order valence-corrected chi connectivity index (χ4v) is 1.38. The SMILES string of the molecule is COc1cccnc1NCc1cccnc1. The van der Waals surface area contributed by atoms with E-state index in [0.29, 0.717) is 6.54 Å². The minimum Gasteiger partial charge on any atom is -0.493 e. The van der Waals surface area contributed by atoms with Crippen LogP contribution in [0.2, 0.25) is 0 Å². The van der Waals surface area contributed by atoms with Gasteiger partial charge in [0.2, 0.25) is 0 Å². The fourth-order valence-electron chi connectivity index (χ4n) is 1.38. The molecule has 2 heterocycles. The van der Waals surface area contributed by atoms with Crippen molar-refractivity contribution in [3.05, 3.63) is 48.4 Å². The molecule has 0 radical (unpaired) electrons. The second-order valence-electron chi connectivity index (χ2n) is 3.27. The Morgan fingerprint density at radius 1 is 1.25 bits per heavy atom. The summed E-state index contributed by atoms with van der Waals surface area (Å²) in [6.45, 7) is 0.682. The third-order valence-corrected chi connectivity index (χ3v) is 2.17. The molecule has 0 unspecified atom stereocenters. The summed E-state index contributed by atoms with van der Waals surface area (Å²) in [5.74, 6) is 1.49. The molecule has 16 heavy (non-hydrogen) atoms. The molecule has 0 aliphatic rings. The van der Waals surface area contributed by atoms with Gasteiger partial charge in [-0.05, 0) is 23.8 Å². The molecule has 0 saturated heterocycles. The summed E-state index contributed by atoms with van der Waals surface area (Å²) >= 11 is 0. The maximum absolute atomic E-state index is 5.19. The number of aromatic nitrogens is 2. The molecular formula is C12H13N3O. The Hall–Kier alpha value is -2.10. The van der Waals surface area contributed by atoms with E-state index >= 15 is 0 Å². The summed E-state index contributed by atoms with van der Waals surface area (Å²) < 4.78 is 5.19. The third-order valence-electron chi connectivity index (χ3n) is 2.17. The van der Waals surface area contributed by atoms with Crippen LogP contribution in [-0.2, 0) is 6.54 Å². The van der Waals surface area contributed by atoms with Crippen molar-refractivity contribution in [2.24, 2.45) is 0 Å². The van der Waals surface area contributed by atoms with E-state index in [-0.39, 0.29) is 0 Å². The summed E-state index contributed by atoms with van der Waals surface area (Å²) in [4.78, 5) is 8.26. The van der Waals surface area contributed by atoms with E-state index in [1.807, 2.05) is 30.5 Å². The predicted molar refractivity (Wildman–Crippen MR) is 62.4 cm³/mol. The number of hydrogen-bond acceptors (Lipinski definition) is 4. The highest BCUT2D eigenvalue weighted by Gasteiger charge is 2.01. The smallest absolute Gasteiger partial charge is 0.168 e. The van der Waals surface area contributed by atoms with E-state index in [4.69, 9.17) is 4.74 Å². The van der Waals surface area contributed by atoms with Crippen molar-refractivity contribution in [2.75, 3.05) is 12.4 Å². The van der Waals surface area contributed by atoms with E-state index in [9.17, 15) is 0 Å². The predicted octanol–water partition coefficient (Wildman–Crippen LogP) is 2.10. The molecular weight excluding hydrogens is 202 g/mol. The maximum atomic E-state index is 5.19. The molecule has 4 heteroatoms. The van der Waals surface area contributed by atoms with Gasteiger partial charge in [0.15, 0.2) is 11.6 Å². The van der Waals surface area contributed by atoms with Gasteiger partial charge >= 0.3 is 0 Å². The monoisotopic (exact) mass is 215 g/mol. The number of anilines is 1. The van der Waals surface area contributed by atoms with Gasteiger partial charge in [-0.15, -0.1) is 0 Å². The number of methoxy groups -OCH3 is 1. The molecule has 82 valence electrons. The molecule has 2 rings (SSSR count). The number of rotatable bonds is 4. The number of nitrogens with one attached hydrogen (secondary N) is 1. The average molecular weight is 215 g/mol. The van der Waals surface area contributed by atoms with E-state index in [1.165, 1.54) is 0 Å². The molecule has 1 N–H and O–H groups in total. The third kappa shape index (κ3) is 2.48. The Labute approximate surface area is 94.3 Å². The molecule has 0 saturated carbocycles. The first-order chi connectivity index (χ1) is 7.90. The number of pyridine rings is 2.